The van der Waals surface area contributed by atoms with Crippen LogP contribution in [0.25, 0.3) is 5.52 Å². The number of nitrogens with two attached hydrogens (primary N) is 1. The van der Waals surface area contributed by atoms with E-state index in [9.17, 15) is 14.9 Å². The quantitative estimate of drug-likeness (QED) is 0.206. The lowest BCUT2D eigenvalue weighted by Crippen LogP contribution is -2.34. The normalized spacial score (nSPS) is 15.6. The maximum Gasteiger partial charge on any atom is 0.253 e. The maximum absolute atomic E-state index is 12.8. The van der Waals surface area contributed by atoms with Gasteiger partial charge >= 0.3 is 0 Å². The van der Waals surface area contributed by atoms with Crippen molar-refractivity contribution in [2.24, 2.45) is 15.9 Å². The molecule has 0 radical (unpaired) electrons. The number of hydrogen-bond donors (Lipinski definition) is 1. The van der Waals surface area contributed by atoms with Crippen LogP contribution >= 0.6 is 0 Å². The number of nitrogens with zero attached hydrogens (tertiary/aromatic N) is 7. The van der Waals surface area contributed by atoms with E-state index in [1.165, 1.54) is 11.1 Å². The number of carbonyl (C=O) groups excluding carboxylic acids is 2. The number of hydrazone groups is 1. The minimum atomic E-state index is -0.526. The minimum Gasteiger partial charge on any atom is -0.484 e. The predicted molar refractivity (Wildman–Crippen MR) is 148 cm³/mol. The van der Waals surface area contributed by atoms with Gasteiger partial charge in [0.2, 0.25) is 6.41 Å². The SMILES string of the molecule is CC(=NC1CCN(C=O)CC1)/C(=N\N)c1cc(OC(C)c2ccccc2C(=O)N(C)C)c2c(C#N)cnn2c1. The number of aliphatic imine (C=N–C) groups is 1. The number of fused-ring (bicyclic) bond motifs is 1. The topological polar surface area (TPSA) is 142 Å². The van der Waals surface area contributed by atoms with E-state index >= 15 is 0 Å². The van der Waals surface area contributed by atoms with Gasteiger partial charge in [-0.25, -0.2) is 4.52 Å². The Balaban J connectivity index is 1.71. The number of likely N-dealkylation sites (tertiary alicyclic amines) is 1. The van der Waals surface area contributed by atoms with E-state index < -0.39 is 6.10 Å². The van der Waals surface area contributed by atoms with Crippen molar-refractivity contribution in [1.82, 2.24) is 19.4 Å². The van der Waals surface area contributed by atoms with Gasteiger partial charge in [0.25, 0.3) is 5.91 Å². The summed E-state index contributed by atoms with van der Waals surface area (Å²) in [6.45, 7) is 5.01. The Kier molecular flexibility index (Phi) is 8.24. The highest BCUT2D eigenvalue weighted by atomic mass is 16.5. The Labute approximate surface area is 227 Å². The fourth-order valence-corrected chi connectivity index (χ4v) is 4.76. The van der Waals surface area contributed by atoms with Gasteiger partial charge in [0.05, 0.1) is 18.0 Å². The van der Waals surface area contributed by atoms with Crippen LogP contribution in [0.5, 0.6) is 5.75 Å². The summed E-state index contributed by atoms with van der Waals surface area (Å²) in [7, 11) is 3.40. The van der Waals surface area contributed by atoms with Crippen LogP contribution in [0.15, 0.2) is 52.8 Å². The molecule has 0 saturated carbocycles. The number of pyridine rings is 1. The lowest BCUT2D eigenvalue weighted by atomic mass is 10.0. The third-order valence-electron chi connectivity index (χ3n) is 6.81. The molecule has 0 spiro atoms. The standard InChI is InChI=1S/C28H32N8O3/c1-18(32-22-9-11-35(17-37)12-10-22)26(33-30)20-13-25(27-21(14-29)15-31-36(27)16-20)39-19(2)23-7-5-6-8-24(23)28(38)34(3)4/h5-8,13,15-17,19,22H,9-12,30H2,1-4H3/b32-18?,33-26+. The van der Waals surface area contributed by atoms with Crippen molar-refractivity contribution < 1.29 is 14.3 Å². The molecule has 1 fully saturated rings. The van der Waals surface area contributed by atoms with Crippen molar-refractivity contribution in [1.29, 1.82) is 5.26 Å². The van der Waals surface area contributed by atoms with E-state index in [2.05, 4.69) is 16.3 Å². The molecule has 0 bridgehead atoms. The Hall–Kier alpha value is -4.72. The molecule has 11 nitrogen and oxygen atoms in total. The third kappa shape index (κ3) is 5.75. The molecular formula is C28H32N8O3. The van der Waals surface area contributed by atoms with Gasteiger partial charge in [0, 0.05) is 50.1 Å². The number of carbonyl (C=O) groups is 2. The minimum absolute atomic E-state index is 0.0538. The lowest BCUT2D eigenvalue weighted by molar-refractivity contribution is -0.119. The zero-order chi connectivity index (χ0) is 28.1. The number of nitriles is 1. The second kappa shape index (κ2) is 11.8. The molecule has 1 saturated heterocycles. The second-order valence-corrected chi connectivity index (χ2v) is 9.67. The molecule has 11 heteroatoms. The summed E-state index contributed by atoms with van der Waals surface area (Å²) in [5.74, 6) is 6.11. The third-order valence-corrected chi connectivity index (χ3v) is 6.81. The van der Waals surface area contributed by atoms with Gasteiger partial charge in [-0.1, -0.05) is 18.2 Å². The van der Waals surface area contributed by atoms with Crippen LogP contribution < -0.4 is 10.6 Å². The van der Waals surface area contributed by atoms with Crippen LogP contribution in [0.4, 0.5) is 0 Å². The average molecular weight is 529 g/mol. The first-order chi connectivity index (χ1) is 18.8. The molecule has 1 aliphatic heterocycles. The molecule has 2 amide bonds. The highest BCUT2D eigenvalue weighted by Crippen LogP contribution is 2.31. The Bertz CT molecular complexity index is 1480. The van der Waals surface area contributed by atoms with Crippen molar-refractivity contribution in [2.45, 2.75) is 38.8 Å². The molecule has 1 atom stereocenters. The summed E-state index contributed by atoms with van der Waals surface area (Å²) in [6.07, 6.45) is 5.06. The van der Waals surface area contributed by atoms with Gasteiger partial charge in [-0.15, -0.1) is 0 Å². The van der Waals surface area contributed by atoms with Gasteiger partial charge in [0.1, 0.15) is 34.7 Å². The summed E-state index contributed by atoms with van der Waals surface area (Å²) in [6, 6.07) is 11.3. The average Bonchev–Trinajstić information content (AvgIpc) is 3.37. The van der Waals surface area contributed by atoms with Crippen LogP contribution in [-0.2, 0) is 4.79 Å². The Morgan fingerprint density at radius 1 is 1.31 bits per heavy atom. The van der Waals surface area contributed by atoms with Crippen LogP contribution in [0.2, 0.25) is 0 Å². The van der Waals surface area contributed by atoms with Gasteiger partial charge in [-0.2, -0.15) is 15.5 Å². The van der Waals surface area contributed by atoms with E-state index in [1.54, 1.807) is 41.8 Å². The van der Waals surface area contributed by atoms with Crippen LogP contribution in [0.3, 0.4) is 0 Å². The predicted octanol–water partition coefficient (Wildman–Crippen LogP) is 2.79. The summed E-state index contributed by atoms with van der Waals surface area (Å²) >= 11 is 0. The van der Waals surface area contributed by atoms with E-state index in [1.807, 2.05) is 32.0 Å². The maximum atomic E-state index is 12.8. The molecule has 39 heavy (non-hydrogen) atoms. The summed E-state index contributed by atoms with van der Waals surface area (Å²) in [4.78, 5) is 31.9. The number of amides is 2. The number of aromatic nitrogens is 2. The Morgan fingerprint density at radius 2 is 2.03 bits per heavy atom. The van der Waals surface area contributed by atoms with Crippen molar-refractivity contribution in [3.8, 4) is 11.8 Å². The summed E-state index contributed by atoms with van der Waals surface area (Å²) in [5.41, 5.74) is 3.81. The van der Waals surface area contributed by atoms with Gasteiger partial charge in [0.15, 0.2) is 0 Å². The van der Waals surface area contributed by atoms with Crippen molar-refractivity contribution in [2.75, 3.05) is 27.2 Å². The summed E-state index contributed by atoms with van der Waals surface area (Å²) < 4.78 is 7.98. The first-order valence-electron chi connectivity index (χ1n) is 12.7. The molecule has 1 unspecified atom stereocenters. The smallest absolute Gasteiger partial charge is 0.253 e. The first-order valence-corrected chi connectivity index (χ1v) is 12.7. The highest BCUT2D eigenvalue weighted by molar-refractivity contribution is 6.47. The molecule has 2 N–H and O–H groups in total. The van der Waals surface area contributed by atoms with E-state index in [4.69, 9.17) is 15.6 Å². The zero-order valence-corrected chi connectivity index (χ0v) is 22.5. The number of rotatable bonds is 8. The lowest BCUT2D eigenvalue weighted by Gasteiger charge is -2.27. The van der Waals surface area contributed by atoms with E-state index in [0.717, 1.165) is 19.3 Å². The molecule has 3 heterocycles. The van der Waals surface area contributed by atoms with Crippen LogP contribution in [-0.4, -0.2) is 76.4 Å². The van der Waals surface area contributed by atoms with Gasteiger partial charge in [-0.3, -0.25) is 14.6 Å². The molecule has 2 aromatic heterocycles. The monoisotopic (exact) mass is 528 g/mol. The van der Waals surface area contributed by atoms with Crippen LogP contribution in [0.1, 0.15) is 59.8 Å². The van der Waals surface area contributed by atoms with Gasteiger partial charge < -0.3 is 20.4 Å². The number of ether oxygens (including phenoxy) is 1. The molecule has 0 aliphatic carbocycles. The van der Waals surface area contributed by atoms with Crippen molar-refractivity contribution in [3.63, 3.8) is 0 Å². The second-order valence-electron chi connectivity index (χ2n) is 9.67. The number of hydrogen-bond acceptors (Lipinski definition) is 8. The number of piperidine rings is 1. The molecule has 1 aliphatic rings. The van der Waals surface area contributed by atoms with Crippen LogP contribution in [0, 0.1) is 11.3 Å². The molecule has 202 valence electrons. The molecule has 3 aromatic rings. The Morgan fingerprint density at radius 3 is 2.67 bits per heavy atom. The number of benzene rings is 1. The zero-order valence-electron chi connectivity index (χ0n) is 22.5. The van der Waals surface area contributed by atoms with Crippen molar-refractivity contribution >= 4 is 29.3 Å². The fraction of sp³-hybridized carbons (Fsp3) is 0.357. The molecule has 1 aromatic carbocycles. The van der Waals surface area contributed by atoms with E-state index in [-0.39, 0.29) is 11.9 Å². The highest BCUT2D eigenvalue weighted by Gasteiger charge is 2.23. The summed E-state index contributed by atoms with van der Waals surface area (Å²) in [5, 5.41) is 18.1. The van der Waals surface area contributed by atoms with E-state index in [0.29, 0.717) is 58.0 Å². The van der Waals surface area contributed by atoms with Crippen molar-refractivity contribution in [3.05, 3.63) is 65.0 Å². The molecular weight excluding hydrogens is 496 g/mol. The largest absolute Gasteiger partial charge is 0.484 e. The fourth-order valence-electron chi connectivity index (χ4n) is 4.76. The first kappa shape index (κ1) is 27.3. The molecule has 4 rings (SSSR count). The van der Waals surface area contributed by atoms with Gasteiger partial charge in [-0.05, 0) is 38.8 Å².